The molecule has 1 rings (SSSR count). The summed E-state index contributed by atoms with van der Waals surface area (Å²) >= 11 is 0. The van der Waals surface area contributed by atoms with Crippen molar-refractivity contribution in [2.24, 2.45) is 0 Å². The molecule has 6 heteroatoms. The minimum absolute atomic E-state index is 0.0930. The van der Waals surface area contributed by atoms with Crippen LogP contribution in [0.5, 0.6) is 0 Å². The van der Waals surface area contributed by atoms with E-state index in [2.05, 4.69) is 10.6 Å². The molecular formula is C17H27N3O3. The van der Waals surface area contributed by atoms with E-state index in [-0.39, 0.29) is 12.3 Å². The Morgan fingerprint density at radius 1 is 1.17 bits per heavy atom. The van der Waals surface area contributed by atoms with Crippen molar-refractivity contribution in [3.05, 3.63) is 29.3 Å². The smallest absolute Gasteiger partial charge is 0.321 e. The van der Waals surface area contributed by atoms with Crippen molar-refractivity contribution in [1.82, 2.24) is 10.2 Å². The van der Waals surface area contributed by atoms with Crippen LogP contribution in [0.2, 0.25) is 0 Å². The van der Waals surface area contributed by atoms with E-state index in [0.29, 0.717) is 12.2 Å². The number of hydrogen-bond acceptors (Lipinski definition) is 4. The van der Waals surface area contributed by atoms with Crippen LogP contribution in [0.4, 0.5) is 5.69 Å². The first-order valence-corrected chi connectivity index (χ1v) is 7.77. The lowest BCUT2D eigenvalue weighted by Gasteiger charge is -2.16. The third kappa shape index (κ3) is 7.76. The lowest BCUT2D eigenvalue weighted by molar-refractivity contribution is -0.141. The van der Waals surface area contributed by atoms with Gasteiger partial charge in [0, 0.05) is 5.69 Å². The Balaban J connectivity index is 2.52. The number of benzene rings is 1. The molecule has 1 aromatic rings. The van der Waals surface area contributed by atoms with Crippen molar-refractivity contribution in [3.8, 4) is 0 Å². The Kier molecular flexibility index (Phi) is 7.71. The molecule has 0 bridgehead atoms. The molecule has 3 N–H and O–H groups in total. The van der Waals surface area contributed by atoms with Gasteiger partial charge in [-0.05, 0) is 70.7 Å². The number of rotatable bonds is 9. The number of aliphatic carboxylic acids is 1. The molecule has 0 aromatic heterocycles. The van der Waals surface area contributed by atoms with Gasteiger partial charge in [-0.25, -0.2) is 0 Å². The number of carbonyl (C=O) groups excluding carboxylic acids is 1. The Bertz CT molecular complexity index is 524. The summed E-state index contributed by atoms with van der Waals surface area (Å²) in [5, 5.41) is 14.9. The van der Waals surface area contributed by atoms with E-state index in [0.717, 1.165) is 24.1 Å². The highest BCUT2D eigenvalue weighted by Crippen LogP contribution is 2.14. The number of carboxylic acids is 1. The highest BCUT2D eigenvalue weighted by atomic mass is 16.4. The van der Waals surface area contributed by atoms with Crippen LogP contribution in [0, 0.1) is 13.8 Å². The molecule has 0 fully saturated rings. The molecule has 0 radical (unpaired) electrons. The summed E-state index contributed by atoms with van der Waals surface area (Å²) < 4.78 is 0. The third-order valence-electron chi connectivity index (χ3n) is 3.37. The predicted octanol–water partition coefficient (Wildman–Crippen LogP) is 1.63. The minimum Gasteiger partial charge on any atom is -0.480 e. The topological polar surface area (TPSA) is 81.7 Å². The number of nitrogens with one attached hydrogen (secondary N) is 2. The number of nitrogens with zero attached hydrogens (tertiary/aromatic N) is 1. The van der Waals surface area contributed by atoms with E-state index in [1.165, 1.54) is 0 Å². The SMILES string of the molecule is Cc1cc(C)cc(NC(=O)C[C@H](NCCCN(C)C)C(=O)O)c1. The van der Waals surface area contributed by atoms with Crippen LogP contribution in [0.1, 0.15) is 24.0 Å². The number of anilines is 1. The van der Waals surface area contributed by atoms with Gasteiger partial charge in [-0.1, -0.05) is 6.07 Å². The molecule has 6 nitrogen and oxygen atoms in total. The lowest BCUT2D eigenvalue weighted by atomic mass is 10.1. The summed E-state index contributed by atoms with van der Waals surface area (Å²) in [4.78, 5) is 25.4. The van der Waals surface area contributed by atoms with Gasteiger partial charge in [0.25, 0.3) is 0 Å². The van der Waals surface area contributed by atoms with Crippen molar-refractivity contribution in [1.29, 1.82) is 0 Å². The van der Waals surface area contributed by atoms with E-state index < -0.39 is 12.0 Å². The van der Waals surface area contributed by atoms with Gasteiger partial charge in [0.2, 0.25) is 5.91 Å². The minimum atomic E-state index is -1.01. The Morgan fingerprint density at radius 3 is 2.30 bits per heavy atom. The maximum Gasteiger partial charge on any atom is 0.321 e. The predicted molar refractivity (Wildman–Crippen MR) is 91.8 cm³/mol. The van der Waals surface area contributed by atoms with Gasteiger partial charge in [0.1, 0.15) is 6.04 Å². The van der Waals surface area contributed by atoms with Crippen molar-refractivity contribution in [2.75, 3.05) is 32.5 Å². The molecule has 1 aromatic carbocycles. The molecule has 0 aliphatic heterocycles. The lowest BCUT2D eigenvalue weighted by Crippen LogP contribution is -2.40. The van der Waals surface area contributed by atoms with Crippen LogP contribution in [0.15, 0.2) is 18.2 Å². The van der Waals surface area contributed by atoms with Gasteiger partial charge in [0.15, 0.2) is 0 Å². The summed E-state index contributed by atoms with van der Waals surface area (Å²) in [5.74, 6) is -1.31. The van der Waals surface area contributed by atoms with Crippen LogP contribution < -0.4 is 10.6 Å². The van der Waals surface area contributed by atoms with Crippen molar-refractivity contribution in [2.45, 2.75) is 32.7 Å². The second-order valence-electron chi connectivity index (χ2n) is 6.13. The average molecular weight is 321 g/mol. The number of carboxylic acid groups (broad SMARTS) is 1. The van der Waals surface area contributed by atoms with Gasteiger partial charge >= 0.3 is 5.97 Å². The molecule has 0 saturated carbocycles. The maximum absolute atomic E-state index is 12.1. The van der Waals surface area contributed by atoms with Crippen molar-refractivity contribution in [3.63, 3.8) is 0 Å². The number of aryl methyl sites for hydroxylation is 2. The number of carbonyl (C=O) groups is 2. The molecule has 0 unspecified atom stereocenters. The van der Waals surface area contributed by atoms with E-state index in [1.807, 2.05) is 51.0 Å². The zero-order valence-corrected chi connectivity index (χ0v) is 14.3. The second kappa shape index (κ2) is 9.27. The summed E-state index contributed by atoms with van der Waals surface area (Å²) in [5.41, 5.74) is 2.80. The average Bonchev–Trinajstić information content (AvgIpc) is 2.40. The second-order valence-corrected chi connectivity index (χ2v) is 6.13. The van der Waals surface area contributed by atoms with Crippen LogP contribution >= 0.6 is 0 Å². The Hall–Kier alpha value is -1.92. The quantitative estimate of drug-likeness (QED) is 0.602. The normalized spacial score (nSPS) is 12.2. The van der Waals surface area contributed by atoms with E-state index in [9.17, 15) is 14.7 Å². The van der Waals surface area contributed by atoms with E-state index in [4.69, 9.17) is 0 Å². The molecule has 1 atom stereocenters. The summed E-state index contributed by atoms with van der Waals surface area (Å²) in [6.45, 7) is 5.34. The van der Waals surface area contributed by atoms with Crippen LogP contribution in [-0.4, -0.2) is 55.1 Å². The molecule has 0 aliphatic carbocycles. The van der Waals surface area contributed by atoms with Gasteiger partial charge in [-0.2, -0.15) is 0 Å². The van der Waals surface area contributed by atoms with Crippen LogP contribution in [0.25, 0.3) is 0 Å². The van der Waals surface area contributed by atoms with E-state index >= 15 is 0 Å². The first-order chi connectivity index (χ1) is 10.8. The highest BCUT2D eigenvalue weighted by molar-refractivity contribution is 5.94. The fourth-order valence-electron chi connectivity index (χ4n) is 2.36. The zero-order chi connectivity index (χ0) is 17.4. The van der Waals surface area contributed by atoms with Crippen molar-refractivity contribution < 1.29 is 14.7 Å². The Morgan fingerprint density at radius 2 is 1.78 bits per heavy atom. The standard InChI is InChI=1S/C17H27N3O3/c1-12-8-13(2)10-14(9-12)19-16(21)11-15(17(22)23)18-6-5-7-20(3)4/h8-10,15,18H,5-7,11H2,1-4H3,(H,19,21)(H,22,23)/t15-/m0/s1. The summed E-state index contributed by atoms with van der Waals surface area (Å²) in [6, 6.07) is 4.88. The first-order valence-electron chi connectivity index (χ1n) is 7.77. The largest absolute Gasteiger partial charge is 0.480 e. The van der Waals surface area contributed by atoms with Crippen LogP contribution in [-0.2, 0) is 9.59 Å². The van der Waals surface area contributed by atoms with Crippen molar-refractivity contribution >= 4 is 17.6 Å². The maximum atomic E-state index is 12.1. The molecule has 1 amide bonds. The molecule has 0 spiro atoms. The summed E-state index contributed by atoms with van der Waals surface area (Å²) in [7, 11) is 3.93. The van der Waals surface area contributed by atoms with E-state index in [1.54, 1.807) is 0 Å². The molecule has 0 aliphatic rings. The highest BCUT2D eigenvalue weighted by Gasteiger charge is 2.20. The molecule has 23 heavy (non-hydrogen) atoms. The molecule has 128 valence electrons. The molecule has 0 saturated heterocycles. The monoisotopic (exact) mass is 321 g/mol. The number of amides is 1. The Labute approximate surface area is 137 Å². The fourth-order valence-corrected chi connectivity index (χ4v) is 2.36. The zero-order valence-electron chi connectivity index (χ0n) is 14.3. The fraction of sp³-hybridized carbons (Fsp3) is 0.529. The first kappa shape index (κ1) is 19.1. The molecule has 0 heterocycles. The van der Waals surface area contributed by atoms with Gasteiger partial charge in [0.05, 0.1) is 6.42 Å². The number of hydrogen-bond donors (Lipinski definition) is 3. The van der Waals surface area contributed by atoms with Crippen LogP contribution in [0.3, 0.4) is 0 Å². The summed E-state index contributed by atoms with van der Waals surface area (Å²) in [6.07, 6.45) is 0.736. The van der Waals surface area contributed by atoms with Gasteiger partial charge < -0.3 is 20.6 Å². The third-order valence-corrected chi connectivity index (χ3v) is 3.37. The van der Waals surface area contributed by atoms with Gasteiger partial charge in [-0.15, -0.1) is 0 Å². The molecular weight excluding hydrogens is 294 g/mol. The van der Waals surface area contributed by atoms with Gasteiger partial charge in [-0.3, -0.25) is 9.59 Å².